The number of anilines is 2. The number of ether oxygens (including phenoxy) is 1. The predicted octanol–water partition coefficient (Wildman–Crippen LogP) is 2.18. The summed E-state index contributed by atoms with van der Waals surface area (Å²) in [5.41, 5.74) is 4.46. The number of carbonyl (C=O) groups is 3. The van der Waals surface area contributed by atoms with E-state index in [9.17, 15) is 18.8 Å². The number of benzene rings is 2. The molecule has 3 amide bonds. The van der Waals surface area contributed by atoms with E-state index in [1.807, 2.05) is 17.0 Å². The molecular formula is C26H29FN4O4. The molecular weight excluding hydrogens is 451 g/mol. The van der Waals surface area contributed by atoms with Crippen LogP contribution in [0.1, 0.15) is 35.6 Å². The number of hydrogen-bond acceptors (Lipinski definition) is 5. The molecule has 0 aliphatic carbocycles. The van der Waals surface area contributed by atoms with Crippen LogP contribution in [0.25, 0.3) is 0 Å². The molecule has 1 atom stereocenters. The van der Waals surface area contributed by atoms with Gasteiger partial charge in [0.15, 0.2) is 0 Å². The first-order valence-corrected chi connectivity index (χ1v) is 12.1. The maximum atomic E-state index is 13.4. The van der Waals surface area contributed by atoms with E-state index in [-0.39, 0.29) is 24.3 Å². The molecule has 0 spiro atoms. The van der Waals surface area contributed by atoms with Crippen LogP contribution in [0, 0.1) is 5.82 Å². The highest BCUT2D eigenvalue weighted by Crippen LogP contribution is 2.37. The van der Waals surface area contributed by atoms with Gasteiger partial charge < -0.3 is 20.3 Å². The summed E-state index contributed by atoms with van der Waals surface area (Å²) in [6.07, 6.45) is 2.80. The largest absolute Gasteiger partial charge is 0.379 e. The number of amides is 3. The fourth-order valence-corrected chi connectivity index (χ4v) is 5.21. The zero-order chi connectivity index (χ0) is 24.4. The van der Waals surface area contributed by atoms with Gasteiger partial charge in [0, 0.05) is 38.3 Å². The van der Waals surface area contributed by atoms with Crippen molar-refractivity contribution in [2.24, 2.45) is 0 Å². The summed E-state index contributed by atoms with van der Waals surface area (Å²) in [7, 11) is 0. The summed E-state index contributed by atoms with van der Waals surface area (Å²) >= 11 is 0. The third kappa shape index (κ3) is 5.06. The van der Waals surface area contributed by atoms with Gasteiger partial charge in [0.25, 0.3) is 0 Å². The average molecular weight is 481 g/mol. The molecule has 3 heterocycles. The van der Waals surface area contributed by atoms with Crippen LogP contribution in [-0.4, -0.2) is 62.0 Å². The Morgan fingerprint density at radius 3 is 2.43 bits per heavy atom. The minimum absolute atomic E-state index is 0.144. The molecule has 3 aliphatic rings. The Kier molecular flexibility index (Phi) is 6.79. The Labute approximate surface area is 203 Å². The molecule has 1 unspecified atom stereocenters. The fourth-order valence-electron chi connectivity index (χ4n) is 5.21. The molecule has 0 radical (unpaired) electrons. The number of morpholine rings is 1. The highest BCUT2D eigenvalue weighted by Gasteiger charge is 2.30. The molecule has 0 saturated carbocycles. The maximum absolute atomic E-state index is 13.4. The molecule has 1 saturated heterocycles. The summed E-state index contributed by atoms with van der Waals surface area (Å²) in [6, 6.07) is 9.73. The van der Waals surface area contributed by atoms with E-state index < -0.39 is 11.8 Å². The first kappa shape index (κ1) is 23.4. The highest BCUT2D eigenvalue weighted by molar-refractivity contribution is 6.39. The van der Waals surface area contributed by atoms with Gasteiger partial charge in [-0.2, -0.15) is 0 Å². The summed E-state index contributed by atoms with van der Waals surface area (Å²) in [5.74, 6) is -1.65. The van der Waals surface area contributed by atoms with Crippen molar-refractivity contribution in [1.29, 1.82) is 0 Å². The summed E-state index contributed by atoms with van der Waals surface area (Å²) in [6.45, 7) is 3.46. The Hall–Kier alpha value is -3.30. The molecule has 8 nitrogen and oxygen atoms in total. The predicted molar refractivity (Wildman–Crippen MR) is 129 cm³/mol. The van der Waals surface area contributed by atoms with Gasteiger partial charge in [-0.25, -0.2) is 4.39 Å². The van der Waals surface area contributed by atoms with Crippen LogP contribution >= 0.6 is 0 Å². The summed E-state index contributed by atoms with van der Waals surface area (Å²) in [4.78, 5) is 41.7. The lowest BCUT2D eigenvalue weighted by Crippen LogP contribution is -2.45. The van der Waals surface area contributed by atoms with E-state index in [4.69, 9.17) is 4.74 Å². The number of aryl methyl sites for hydroxylation is 2. The lowest BCUT2D eigenvalue weighted by molar-refractivity contribution is -0.136. The number of carbonyl (C=O) groups excluding carboxylic acids is 3. The Morgan fingerprint density at radius 1 is 0.971 bits per heavy atom. The lowest BCUT2D eigenvalue weighted by Gasteiger charge is -2.35. The van der Waals surface area contributed by atoms with Crippen LogP contribution < -0.4 is 15.5 Å². The first-order chi connectivity index (χ1) is 17.0. The second kappa shape index (κ2) is 10.1. The average Bonchev–Trinajstić information content (AvgIpc) is 2.88. The molecule has 5 rings (SSSR count). The highest BCUT2D eigenvalue weighted by atomic mass is 19.1. The van der Waals surface area contributed by atoms with Crippen LogP contribution in [-0.2, 0) is 32.0 Å². The van der Waals surface area contributed by atoms with Gasteiger partial charge in [-0.3, -0.25) is 19.3 Å². The molecule has 3 aliphatic heterocycles. The quantitative estimate of drug-likeness (QED) is 0.641. The van der Waals surface area contributed by atoms with Gasteiger partial charge in [-0.1, -0.05) is 12.1 Å². The first-order valence-electron chi connectivity index (χ1n) is 12.1. The zero-order valence-electron chi connectivity index (χ0n) is 19.5. The molecule has 35 heavy (non-hydrogen) atoms. The van der Waals surface area contributed by atoms with E-state index in [2.05, 4.69) is 15.5 Å². The van der Waals surface area contributed by atoms with Crippen molar-refractivity contribution in [3.8, 4) is 0 Å². The molecule has 0 bridgehead atoms. The van der Waals surface area contributed by atoms with Gasteiger partial charge in [-0.05, 0) is 60.2 Å². The molecule has 9 heteroatoms. The van der Waals surface area contributed by atoms with Crippen LogP contribution in [0.4, 0.5) is 15.8 Å². The number of hydrogen-bond donors (Lipinski definition) is 2. The molecule has 2 aromatic carbocycles. The van der Waals surface area contributed by atoms with Crippen LogP contribution in [0.3, 0.4) is 0 Å². The Balaban J connectivity index is 1.26. The van der Waals surface area contributed by atoms with E-state index in [0.29, 0.717) is 44.8 Å². The maximum Gasteiger partial charge on any atom is 0.313 e. The SMILES string of the molecule is O=C(NCC(c1ccc(F)cc1)N1CCOCC1)C(=O)Nc1cc2c3c(c1)CCC(=O)N3CCC2. The Bertz CT molecular complexity index is 1110. The van der Waals surface area contributed by atoms with Gasteiger partial charge in [-0.15, -0.1) is 0 Å². The Morgan fingerprint density at radius 2 is 1.69 bits per heavy atom. The van der Waals surface area contributed by atoms with Gasteiger partial charge in [0.05, 0.1) is 24.9 Å². The number of halogens is 1. The topological polar surface area (TPSA) is 91.0 Å². The third-order valence-electron chi connectivity index (χ3n) is 6.94. The fraction of sp³-hybridized carbons (Fsp3) is 0.423. The van der Waals surface area contributed by atoms with E-state index in [1.54, 1.807) is 12.1 Å². The molecule has 2 N–H and O–H groups in total. The second-order valence-electron chi connectivity index (χ2n) is 9.17. The number of rotatable bonds is 5. The molecule has 184 valence electrons. The normalized spacial score (nSPS) is 18.5. The zero-order valence-corrected chi connectivity index (χ0v) is 19.5. The lowest BCUT2D eigenvalue weighted by atomic mass is 9.91. The minimum Gasteiger partial charge on any atom is -0.379 e. The molecule has 1 fully saturated rings. The number of nitrogens with one attached hydrogen (secondary N) is 2. The van der Waals surface area contributed by atoms with Crippen LogP contribution in [0.15, 0.2) is 36.4 Å². The van der Waals surface area contributed by atoms with Crippen molar-refractivity contribution >= 4 is 29.1 Å². The van der Waals surface area contributed by atoms with Crippen molar-refractivity contribution in [2.75, 3.05) is 49.6 Å². The van der Waals surface area contributed by atoms with Gasteiger partial charge >= 0.3 is 11.8 Å². The second-order valence-corrected chi connectivity index (χ2v) is 9.17. The standard InChI is InChI=1S/C26H29FN4O4/c27-20-6-3-17(4-7-20)22(30-10-12-35-13-11-30)16-28-25(33)26(34)29-21-14-18-2-1-9-31-23(32)8-5-19(15-21)24(18)31/h3-4,6-7,14-15,22H,1-2,5,8-13,16H2,(H,28,33)(H,29,34). The van der Waals surface area contributed by atoms with E-state index >= 15 is 0 Å². The van der Waals surface area contributed by atoms with Crippen molar-refractivity contribution < 1.29 is 23.5 Å². The summed E-state index contributed by atoms with van der Waals surface area (Å²) in [5, 5.41) is 5.48. The van der Waals surface area contributed by atoms with Crippen molar-refractivity contribution in [2.45, 2.75) is 31.7 Å². The molecule has 0 aromatic heterocycles. The van der Waals surface area contributed by atoms with Crippen molar-refractivity contribution in [1.82, 2.24) is 10.2 Å². The smallest absolute Gasteiger partial charge is 0.313 e. The third-order valence-corrected chi connectivity index (χ3v) is 6.94. The molecule has 2 aromatic rings. The van der Waals surface area contributed by atoms with Crippen molar-refractivity contribution in [3.05, 3.63) is 58.9 Å². The van der Waals surface area contributed by atoms with Crippen LogP contribution in [0.5, 0.6) is 0 Å². The van der Waals surface area contributed by atoms with E-state index in [1.165, 1.54) is 12.1 Å². The number of nitrogens with zero attached hydrogens (tertiary/aromatic N) is 2. The van der Waals surface area contributed by atoms with Gasteiger partial charge in [0.1, 0.15) is 5.82 Å². The minimum atomic E-state index is -0.739. The van der Waals surface area contributed by atoms with Crippen molar-refractivity contribution in [3.63, 3.8) is 0 Å². The van der Waals surface area contributed by atoms with Gasteiger partial charge in [0.2, 0.25) is 5.91 Å². The monoisotopic (exact) mass is 480 g/mol. The summed E-state index contributed by atoms with van der Waals surface area (Å²) < 4.78 is 18.9. The van der Waals surface area contributed by atoms with E-state index in [0.717, 1.165) is 41.8 Å². The van der Waals surface area contributed by atoms with Crippen LogP contribution in [0.2, 0.25) is 0 Å².